The SMILES string of the molecule is CCCn1c(NC(=O)CNC(=O)c2ccoc2)nc2ccccc21. The van der Waals surface area contributed by atoms with Crippen LogP contribution in [0.15, 0.2) is 47.3 Å². The molecule has 0 aliphatic heterocycles. The number of hydrogen-bond acceptors (Lipinski definition) is 4. The number of aromatic nitrogens is 2. The summed E-state index contributed by atoms with van der Waals surface area (Å²) >= 11 is 0. The highest BCUT2D eigenvalue weighted by molar-refractivity contribution is 5.99. The Bertz CT molecular complexity index is 852. The molecule has 0 bridgehead atoms. The zero-order chi connectivity index (χ0) is 16.9. The molecule has 2 amide bonds. The summed E-state index contributed by atoms with van der Waals surface area (Å²) in [6.07, 6.45) is 3.65. The maximum atomic E-state index is 12.1. The van der Waals surface area contributed by atoms with Crippen molar-refractivity contribution >= 4 is 28.8 Å². The number of benzene rings is 1. The van der Waals surface area contributed by atoms with Crippen molar-refractivity contribution in [2.75, 3.05) is 11.9 Å². The van der Waals surface area contributed by atoms with E-state index in [2.05, 4.69) is 22.5 Å². The minimum absolute atomic E-state index is 0.140. The van der Waals surface area contributed by atoms with Crippen LogP contribution in [0.5, 0.6) is 0 Å². The first-order chi connectivity index (χ1) is 11.7. The molecule has 3 rings (SSSR count). The Morgan fingerprint density at radius 3 is 2.83 bits per heavy atom. The summed E-state index contributed by atoms with van der Waals surface area (Å²) in [4.78, 5) is 28.4. The lowest BCUT2D eigenvalue weighted by atomic mass is 10.3. The molecule has 0 spiro atoms. The molecule has 0 aliphatic carbocycles. The molecule has 2 N–H and O–H groups in total. The Hall–Kier alpha value is -3.09. The van der Waals surface area contributed by atoms with Gasteiger partial charge in [-0.2, -0.15) is 0 Å². The quantitative estimate of drug-likeness (QED) is 0.728. The van der Waals surface area contributed by atoms with Crippen LogP contribution in [0.4, 0.5) is 5.95 Å². The number of carbonyl (C=O) groups is 2. The van der Waals surface area contributed by atoms with E-state index in [9.17, 15) is 9.59 Å². The second-order valence-corrected chi connectivity index (χ2v) is 5.32. The molecule has 1 aromatic carbocycles. The zero-order valence-electron chi connectivity index (χ0n) is 13.3. The minimum atomic E-state index is -0.360. The first-order valence-electron chi connectivity index (χ1n) is 7.74. The number of aryl methyl sites for hydroxylation is 1. The monoisotopic (exact) mass is 326 g/mol. The van der Waals surface area contributed by atoms with E-state index in [1.165, 1.54) is 18.6 Å². The second-order valence-electron chi connectivity index (χ2n) is 5.32. The summed E-state index contributed by atoms with van der Waals surface area (Å²) in [5, 5.41) is 5.30. The van der Waals surface area contributed by atoms with Crippen LogP contribution in [0.3, 0.4) is 0 Å². The fourth-order valence-corrected chi connectivity index (χ4v) is 2.45. The van der Waals surface area contributed by atoms with Crippen LogP contribution in [0.25, 0.3) is 11.0 Å². The van der Waals surface area contributed by atoms with Crippen molar-refractivity contribution in [1.82, 2.24) is 14.9 Å². The van der Waals surface area contributed by atoms with Gasteiger partial charge in [0.25, 0.3) is 5.91 Å². The van der Waals surface area contributed by atoms with Crippen molar-refractivity contribution in [3.05, 3.63) is 48.4 Å². The third-order valence-corrected chi connectivity index (χ3v) is 3.55. The van der Waals surface area contributed by atoms with E-state index >= 15 is 0 Å². The van der Waals surface area contributed by atoms with Gasteiger partial charge in [-0.25, -0.2) is 4.98 Å². The summed E-state index contributed by atoms with van der Waals surface area (Å²) in [6, 6.07) is 9.25. The van der Waals surface area contributed by atoms with Crippen LogP contribution >= 0.6 is 0 Å². The lowest BCUT2D eigenvalue weighted by Crippen LogP contribution is -2.33. The van der Waals surface area contributed by atoms with Gasteiger partial charge in [-0.15, -0.1) is 0 Å². The minimum Gasteiger partial charge on any atom is -0.472 e. The number of para-hydroxylation sites is 2. The number of rotatable bonds is 6. The first kappa shape index (κ1) is 15.8. The maximum Gasteiger partial charge on any atom is 0.254 e. The normalized spacial score (nSPS) is 10.7. The average molecular weight is 326 g/mol. The third-order valence-electron chi connectivity index (χ3n) is 3.55. The van der Waals surface area contributed by atoms with Crippen LogP contribution in [-0.2, 0) is 11.3 Å². The van der Waals surface area contributed by atoms with E-state index in [1.807, 2.05) is 28.8 Å². The Balaban J connectivity index is 1.69. The number of fused-ring (bicyclic) bond motifs is 1. The molecule has 0 unspecified atom stereocenters. The number of furan rings is 1. The number of nitrogens with zero attached hydrogens (tertiary/aromatic N) is 2. The van der Waals surface area contributed by atoms with E-state index in [0.717, 1.165) is 24.0 Å². The molecular formula is C17H18N4O3. The van der Waals surface area contributed by atoms with Gasteiger partial charge in [0.15, 0.2) is 0 Å². The molecule has 124 valence electrons. The first-order valence-corrected chi connectivity index (χ1v) is 7.74. The summed E-state index contributed by atoms with van der Waals surface area (Å²) in [5.74, 6) is -0.207. The molecule has 0 saturated carbocycles. The summed E-state index contributed by atoms with van der Waals surface area (Å²) in [5.41, 5.74) is 2.17. The van der Waals surface area contributed by atoms with Crippen LogP contribution < -0.4 is 10.6 Å². The number of nitrogens with one attached hydrogen (secondary N) is 2. The standard InChI is InChI=1S/C17H18N4O3/c1-2-8-21-14-6-4-3-5-13(14)19-17(21)20-15(22)10-18-16(23)12-7-9-24-11-12/h3-7,9,11H,2,8,10H2,1H3,(H,18,23)(H,19,20,22). The van der Waals surface area contributed by atoms with E-state index in [1.54, 1.807) is 0 Å². The van der Waals surface area contributed by atoms with Crippen LogP contribution in [-0.4, -0.2) is 27.9 Å². The van der Waals surface area contributed by atoms with Crippen molar-refractivity contribution < 1.29 is 14.0 Å². The summed E-state index contributed by atoms with van der Waals surface area (Å²) < 4.78 is 6.80. The smallest absolute Gasteiger partial charge is 0.254 e. The van der Waals surface area contributed by atoms with Crippen molar-refractivity contribution in [2.24, 2.45) is 0 Å². The van der Waals surface area contributed by atoms with Crippen molar-refractivity contribution in [1.29, 1.82) is 0 Å². The van der Waals surface area contributed by atoms with E-state index in [0.29, 0.717) is 11.5 Å². The fraction of sp³-hybridized carbons (Fsp3) is 0.235. The maximum absolute atomic E-state index is 12.1. The Morgan fingerprint density at radius 2 is 2.08 bits per heavy atom. The van der Waals surface area contributed by atoms with Gasteiger partial charge in [-0.05, 0) is 24.6 Å². The predicted octanol–water partition coefficient (Wildman–Crippen LogP) is 2.41. The number of anilines is 1. The molecule has 3 aromatic rings. The highest BCUT2D eigenvalue weighted by atomic mass is 16.3. The largest absolute Gasteiger partial charge is 0.472 e. The van der Waals surface area contributed by atoms with E-state index in [-0.39, 0.29) is 18.4 Å². The van der Waals surface area contributed by atoms with Crippen LogP contribution in [0, 0.1) is 0 Å². The van der Waals surface area contributed by atoms with Gasteiger partial charge < -0.3 is 14.3 Å². The number of carbonyl (C=O) groups excluding carboxylic acids is 2. The van der Waals surface area contributed by atoms with Crippen molar-refractivity contribution in [3.63, 3.8) is 0 Å². The highest BCUT2D eigenvalue weighted by Gasteiger charge is 2.14. The van der Waals surface area contributed by atoms with Gasteiger partial charge in [0.1, 0.15) is 6.26 Å². The molecule has 2 heterocycles. The van der Waals surface area contributed by atoms with Crippen LogP contribution in [0.2, 0.25) is 0 Å². The van der Waals surface area contributed by atoms with Gasteiger partial charge in [-0.1, -0.05) is 19.1 Å². The summed E-state index contributed by atoms with van der Waals surface area (Å²) in [6.45, 7) is 2.67. The number of imidazole rings is 1. The highest BCUT2D eigenvalue weighted by Crippen LogP contribution is 2.19. The van der Waals surface area contributed by atoms with Gasteiger partial charge >= 0.3 is 0 Å². The van der Waals surface area contributed by atoms with E-state index in [4.69, 9.17) is 4.42 Å². The molecule has 7 nitrogen and oxygen atoms in total. The predicted molar refractivity (Wildman–Crippen MR) is 89.7 cm³/mol. The van der Waals surface area contributed by atoms with Gasteiger partial charge in [0.2, 0.25) is 11.9 Å². The summed E-state index contributed by atoms with van der Waals surface area (Å²) in [7, 11) is 0. The molecule has 24 heavy (non-hydrogen) atoms. The number of hydrogen-bond donors (Lipinski definition) is 2. The molecule has 7 heteroatoms. The zero-order valence-corrected chi connectivity index (χ0v) is 13.3. The van der Waals surface area contributed by atoms with Gasteiger partial charge in [0, 0.05) is 6.54 Å². The number of amides is 2. The Labute approximate surface area is 138 Å². The lowest BCUT2D eigenvalue weighted by Gasteiger charge is -2.09. The van der Waals surface area contributed by atoms with Gasteiger partial charge in [0.05, 0.1) is 29.4 Å². The molecule has 0 atom stereocenters. The topological polar surface area (TPSA) is 89.2 Å². The molecule has 2 aromatic heterocycles. The molecular weight excluding hydrogens is 308 g/mol. The lowest BCUT2D eigenvalue weighted by molar-refractivity contribution is -0.115. The van der Waals surface area contributed by atoms with Gasteiger partial charge in [-0.3, -0.25) is 14.9 Å². The van der Waals surface area contributed by atoms with Crippen LogP contribution in [0.1, 0.15) is 23.7 Å². The third kappa shape index (κ3) is 3.29. The molecule has 0 radical (unpaired) electrons. The molecule has 0 fully saturated rings. The van der Waals surface area contributed by atoms with E-state index < -0.39 is 0 Å². The Kier molecular flexibility index (Phi) is 4.60. The second kappa shape index (κ2) is 6.99. The average Bonchev–Trinajstić information content (AvgIpc) is 3.22. The van der Waals surface area contributed by atoms with Crippen molar-refractivity contribution in [2.45, 2.75) is 19.9 Å². The Morgan fingerprint density at radius 1 is 1.25 bits per heavy atom. The molecule has 0 saturated heterocycles. The molecule has 0 aliphatic rings. The van der Waals surface area contributed by atoms with Crippen molar-refractivity contribution in [3.8, 4) is 0 Å². The fourth-order valence-electron chi connectivity index (χ4n) is 2.45.